The molecule has 0 radical (unpaired) electrons. The fourth-order valence-corrected chi connectivity index (χ4v) is 2.12. The van der Waals surface area contributed by atoms with Crippen molar-refractivity contribution < 1.29 is 0 Å². The van der Waals surface area contributed by atoms with E-state index >= 15 is 0 Å². The van der Waals surface area contributed by atoms with Crippen molar-refractivity contribution in [2.45, 2.75) is 26.3 Å². The van der Waals surface area contributed by atoms with Gasteiger partial charge in [0.1, 0.15) is 18.0 Å². The van der Waals surface area contributed by atoms with E-state index in [1.54, 1.807) is 18.2 Å². The predicted molar refractivity (Wildman–Crippen MR) is 85.2 cm³/mol. The van der Waals surface area contributed by atoms with Crippen molar-refractivity contribution in [3.63, 3.8) is 0 Å². The first-order chi connectivity index (χ1) is 9.35. The van der Waals surface area contributed by atoms with E-state index in [1.165, 1.54) is 6.33 Å². The van der Waals surface area contributed by atoms with Crippen LogP contribution >= 0.6 is 23.2 Å². The Morgan fingerprint density at radius 2 is 1.60 bits per heavy atom. The second-order valence-corrected chi connectivity index (χ2v) is 6.20. The largest absolute Gasteiger partial charge is 0.365 e. The second-order valence-electron chi connectivity index (χ2n) is 5.39. The third kappa shape index (κ3) is 3.99. The molecule has 0 amide bonds. The molecular weight excluding hydrogens is 295 g/mol. The van der Waals surface area contributed by atoms with Gasteiger partial charge >= 0.3 is 0 Å². The smallest absolute Gasteiger partial charge is 0.135 e. The maximum Gasteiger partial charge on any atom is 0.135 e. The first-order valence-electron chi connectivity index (χ1n) is 6.16. The summed E-state index contributed by atoms with van der Waals surface area (Å²) >= 11 is 12.2. The Bertz CT molecular complexity index is 588. The lowest BCUT2D eigenvalue weighted by Crippen LogP contribution is -2.26. The van der Waals surface area contributed by atoms with Crippen LogP contribution < -0.4 is 10.6 Å². The summed E-state index contributed by atoms with van der Waals surface area (Å²) in [5.74, 6) is 1.36. The number of hydrogen-bond donors (Lipinski definition) is 2. The molecular formula is C14H16Cl2N4. The molecule has 0 atom stereocenters. The highest BCUT2D eigenvalue weighted by Crippen LogP contribution is 2.32. The first kappa shape index (κ1) is 14.9. The van der Waals surface area contributed by atoms with Gasteiger partial charge in [-0.2, -0.15) is 0 Å². The van der Waals surface area contributed by atoms with Crippen LogP contribution in [-0.4, -0.2) is 15.5 Å². The third-order valence-electron chi connectivity index (χ3n) is 2.39. The topological polar surface area (TPSA) is 49.8 Å². The van der Waals surface area contributed by atoms with Gasteiger partial charge in [-0.15, -0.1) is 0 Å². The van der Waals surface area contributed by atoms with E-state index in [9.17, 15) is 0 Å². The highest BCUT2D eigenvalue weighted by atomic mass is 35.5. The van der Waals surface area contributed by atoms with E-state index in [-0.39, 0.29) is 5.54 Å². The van der Waals surface area contributed by atoms with E-state index in [0.29, 0.717) is 21.6 Å². The zero-order chi connectivity index (χ0) is 14.8. The van der Waals surface area contributed by atoms with E-state index in [2.05, 4.69) is 41.4 Å². The minimum atomic E-state index is -0.0757. The zero-order valence-electron chi connectivity index (χ0n) is 11.5. The molecule has 1 aromatic heterocycles. The summed E-state index contributed by atoms with van der Waals surface area (Å²) < 4.78 is 0. The molecule has 0 aliphatic rings. The molecule has 0 fully saturated rings. The van der Waals surface area contributed by atoms with Crippen molar-refractivity contribution in [3.8, 4) is 0 Å². The molecule has 6 heteroatoms. The molecule has 0 unspecified atom stereocenters. The normalized spacial score (nSPS) is 11.2. The van der Waals surface area contributed by atoms with Gasteiger partial charge in [-0.1, -0.05) is 29.3 Å². The number of rotatable bonds is 3. The Morgan fingerprint density at radius 3 is 2.20 bits per heavy atom. The number of para-hydroxylation sites is 1. The highest BCUT2D eigenvalue weighted by Gasteiger charge is 2.11. The van der Waals surface area contributed by atoms with Crippen LogP contribution in [0.3, 0.4) is 0 Å². The summed E-state index contributed by atoms with van der Waals surface area (Å²) in [7, 11) is 0. The lowest BCUT2D eigenvalue weighted by Gasteiger charge is -2.21. The Morgan fingerprint density at radius 1 is 1.00 bits per heavy atom. The third-order valence-corrected chi connectivity index (χ3v) is 3.02. The summed E-state index contributed by atoms with van der Waals surface area (Å²) in [5, 5.41) is 7.48. The van der Waals surface area contributed by atoms with Crippen LogP contribution in [0.15, 0.2) is 30.6 Å². The number of hydrogen-bond acceptors (Lipinski definition) is 4. The zero-order valence-corrected chi connectivity index (χ0v) is 13.0. The molecule has 0 saturated heterocycles. The van der Waals surface area contributed by atoms with Crippen molar-refractivity contribution in [2.75, 3.05) is 10.6 Å². The van der Waals surface area contributed by atoms with Crippen molar-refractivity contribution in [1.29, 1.82) is 0 Å². The molecule has 0 aliphatic heterocycles. The van der Waals surface area contributed by atoms with Gasteiger partial charge in [0.25, 0.3) is 0 Å². The van der Waals surface area contributed by atoms with E-state index < -0.39 is 0 Å². The van der Waals surface area contributed by atoms with Crippen molar-refractivity contribution in [2.24, 2.45) is 0 Å². The summed E-state index contributed by atoms with van der Waals surface area (Å²) in [6.45, 7) is 6.19. The van der Waals surface area contributed by atoms with Crippen LogP contribution in [0.2, 0.25) is 10.0 Å². The number of nitrogens with zero attached hydrogens (tertiary/aromatic N) is 2. The molecule has 106 valence electrons. The van der Waals surface area contributed by atoms with Crippen LogP contribution in [-0.2, 0) is 0 Å². The predicted octanol–water partition coefficient (Wildman–Crippen LogP) is 4.74. The van der Waals surface area contributed by atoms with Crippen molar-refractivity contribution in [3.05, 3.63) is 40.6 Å². The molecule has 2 N–H and O–H groups in total. The van der Waals surface area contributed by atoms with E-state index in [0.717, 1.165) is 5.82 Å². The minimum absolute atomic E-state index is 0.0757. The Hall–Kier alpha value is -1.52. The fraction of sp³-hybridized carbons (Fsp3) is 0.286. The molecule has 1 aromatic carbocycles. The standard InChI is InChI=1S/C14H16Cl2N4/c1-14(2,3)20-12-7-11(17-8-18-12)19-13-9(15)5-4-6-10(13)16/h4-8H,1-3H3,(H2,17,18,19,20). The van der Waals surface area contributed by atoms with Gasteiger partial charge in [0.2, 0.25) is 0 Å². The van der Waals surface area contributed by atoms with Crippen LogP contribution in [0.5, 0.6) is 0 Å². The minimum Gasteiger partial charge on any atom is -0.365 e. The van der Waals surface area contributed by atoms with Crippen molar-refractivity contribution >= 4 is 40.5 Å². The van der Waals surface area contributed by atoms with E-state index in [1.807, 2.05) is 6.07 Å². The average molecular weight is 311 g/mol. The Balaban J connectivity index is 2.24. The lowest BCUT2D eigenvalue weighted by molar-refractivity contribution is 0.630. The number of nitrogens with one attached hydrogen (secondary N) is 2. The average Bonchev–Trinajstić information content (AvgIpc) is 2.32. The molecule has 1 heterocycles. The van der Waals surface area contributed by atoms with Gasteiger partial charge in [-0.05, 0) is 32.9 Å². The molecule has 20 heavy (non-hydrogen) atoms. The quantitative estimate of drug-likeness (QED) is 0.860. The van der Waals surface area contributed by atoms with Crippen molar-refractivity contribution in [1.82, 2.24) is 9.97 Å². The Labute approximate surface area is 128 Å². The van der Waals surface area contributed by atoms with Gasteiger partial charge in [-0.25, -0.2) is 9.97 Å². The van der Waals surface area contributed by atoms with Crippen LogP contribution in [0.25, 0.3) is 0 Å². The molecule has 2 aromatic rings. The summed E-state index contributed by atoms with van der Waals surface area (Å²) in [5.41, 5.74) is 0.560. The SMILES string of the molecule is CC(C)(C)Nc1cc(Nc2c(Cl)cccc2Cl)ncn1. The van der Waals surface area contributed by atoms with E-state index in [4.69, 9.17) is 23.2 Å². The fourth-order valence-electron chi connectivity index (χ4n) is 1.62. The lowest BCUT2D eigenvalue weighted by atomic mass is 10.1. The molecule has 0 spiro atoms. The summed E-state index contributed by atoms with van der Waals surface area (Å²) in [6.07, 6.45) is 1.49. The van der Waals surface area contributed by atoms with Gasteiger partial charge < -0.3 is 10.6 Å². The molecule has 0 aliphatic carbocycles. The maximum atomic E-state index is 6.12. The van der Waals surface area contributed by atoms with Gasteiger partial charge in [-0.3, -0.25) is 0 Å². The molecule has 4 nitrogen and oxygen atoms in total. The monoisotopic (exact) mass is 310 g/mol. The molecule has 0 bridgehead atoms. The highest BCUT2D eigenvalue weighted by molar-refractivity contribution is 6.39. The first-order valence-corrected chi connectivity index (χ1v) is 6.92. The number of benzene rings is 1. The van der Waals surface area contributed by atoms with Crippen LogP contribution in [0, 0.1) is 0 Å². The summed E-state index contributed by atoms with van der Waals surface area (Å²) in [6, 6.07) is 7.14. The number of anilines is 3. The second kappa shape index (κ2) is 5.85. The molecule has 0 saturated carbocycles. The van der Waals surface area contributed by atoms with Crippen LogP contribution in [0.4, 0.5) is 17.3 Å². The number of aromatic nitrogens is 2. The number of halogens is 2. The van der Waals surface area contributed by atoms with Gasteiger partial charge in [0.15, 0.2) is 0 Å². The molecule has 2 rings (SSSR count). The van der Waals surface area contributed by atoms with Gasteiger partial charge in [0, 0.05) is 11.6 Å². The maximum absolute atomic E-state index is 6.12. The summed E-state index contributed by atoms with van der Waals surface area (Å²) in [4.78, 5) is 8.35. The Kier molecular flexibility index (Phi) is 4.35. The van der Waals surface area contributed by atoms with Gasteiger partial charge in [0.05, 0.1) is 15.7 Å². The van der Waals surface area contributed by atoms with Crippen LogP contribution in [0.1, 0.15) is 20.8 Å².